The van der Waals surface area contributed by atoms with Crippen LogP contribution in [0.2, 0.25) is 0 Å². The number of hydrogen-bond donors (Lipinski definition) is 0. The van der Waals surface area contributed by atoms with E-state index in [1.54, 1.807) is 0 Å². The third kappa shape index (κ3) is 2.47. The van der Waals surface area contributed by atoms with Gasteiger partial charge in [-0.2, -0.15) is 0 Å². The molecule has 1 rings (SSSR count). The molecule has 0 aromatic heterocycles. The normalized spacial score (nSPS) is 30.6. The maximum Gasteiger partial charge on any atom is 0.0943 e. The van der Waals surface area contributed by atoms with Crippen LogP contribution in [-0.4, -0.2) is 49.5 Å². The Kier molecular flexibility index (Phi) is 3.24. The van der Waals surface area contributed by atoms with Crippen LogP contribution in [0, 0.1) is 0 Å². The standard InChI is InChI=1S/C11H23NO2/c1-10(2)11(3,4)14-9(8-13-10)7-12(5)6/h9H,7-8H2,1-6H3. The molecule has 1 fully saturated rings. The number of likely N-dealkylation sites (N-methyl/N-ethyl adjacent to an activating group) is 1. The molecule has 0 saturated carbocycles. The third-order valence-corrected chi connectivity index (χ3v) is 3.11. The van der Waals surface area contributed by atoms with E-state index in [0.717, 1.165) is 6.54 Å². The Balaban J connectivity index is 2.59. The molecule has 1 atom stereocenters. The molecule has 14 heavy (non-hydrogen) atoms. The second-order valence-corrected chi connectivity index (χ2v) is 5.33. The van der Waals surface area contributed by atoms with Gasteiger partial charge < -0.3 is 14.4 Å². The van der Waals surface area contributed by atoms with Crippen LogP contribution >= 0.6 is 0 Å². The fourth-order valence-corrected chi connectivity index (χ4v) is 1.56. The molecule has 3 heteroatoms. The van der Waals surface area contributed by atoms with Crippen molar-refractivity contribution >= 4 is 0 Å². The van der Waals surface area contributed by atoms with Crippen molar-refractivity contribution in [3.63, 3.8) is 0 Å². The van der Waals surface area contributed by atoms with Crippen LogP contribution < -0.4 is 0 Å². The van der Waals surface area contributed by atoms with Gasteiger partial charge in [0.15, 0.2) is 0 Å². The van der Waals surface area contributed by atoms with E-state index in [2.05, 4.69) is 46.7 Å². The zero-order chi connectivity index (χ0) is 11.0. The van der Waals surface area contributed by atoms with Gasteiger partial charge in [0.2, 0.25) is 0 Å². The molecule has 0 radical (unpaired) electrons. The van der Waals surface area contributed by atoms with Crippen LogP contribution in [0.25, 0.3) is 0 Å². The lowest BCUT2D eigenvalue weighted by Gasteiger charge is -2.48. The van der Waals surface area contributed by atoms with Gasteiger partial charge in [0.1, 0.15) is 0 Å². The monoisotopic (exact) mass is 201 g/mol. The van der Waals surface area contributed by atoms with Gasteiger partial charge in [0, 0.05) is 6.54 Å². The maximum absolute atomic E-state index is 6.03. The van der Waals surface area contributed by atoms with Crippen molar-refractivity contribution in [1.82, 2.24) is 4.90 Å². The van der Waals surface area contributed by atoms with E-state index in [9.17, 15) is 0 Å². The van der Waals surface area contributed by atoms with Gasteiger partial charge in [-0.3, -0.25) is 0 Å². The first-order valence-corrected chi connectivity index (χ1v) is 5.21. The van der Waals surface area contributed by atoms with Crippen LogP contribution in [0.1, 0.15) is 27.7 Å². The zero-order valence-electron chi connectivity index (χ0n) is 10.3. The van der Waals surface area contributed by atoms with E-state index in [1.807, 2.05) is 0 Å². The SMILES string of the molecule is CN(C)CC1COC(C)(C)C(C)(C)O1. The Morgan fingerprint density at radius 1 is 1.14 bits per heavy atom. The zero-order valence-corrected chi connectivity index (χ0v) is 10.3. The average Bonchev–Trinajstić information content (AvgIpc) is 1.96. The Bertz CT molecular complexity index is 199. The Morgan fingerprint density at radius 3 is 2.14 bits per heavy atom. The van der Waals surface area contributed by atoms with Crippen LogP contribution in [0.4, 0.5) is 0 Å². The van der Waals surface area contributed by atoms with E-state index < -0.39 is 0 Å². The summed E-state index contributed by atoms with van der Waals surface area (Å²) >= 11 is 0. The molecule has 1 aliphatic heterocycles. The van der Waals surface area contributed by atoms with Gasteiger partial charge in [-0.05, 0) is 41.8 Å². The van der Waals surface area contributed by atoms with E-state index in [4.69, 9.17) is 9.47 Å². The van der Waals surface area contributed by atoms with Gasteiger partial charge >= 0.3 is 0 Å². The van der Waals surface area contributed by atoms with Crippen LogP contribution in [0.5, 0.6) is 0 Å². The molecule has 0 aromatic rings. The molecular weight excluding hydrogens is 178 g/mol. The first-order chi connectivity index (χ1) is 6.24. The van der Waals surface area contributed by atoms with Crippen molar-refractivity contribution in [2.75, 3.05) is 27.2 Å². The summed E-state index contributed by atoms with van der Waals surface area (Å²) in [4.78, 5) is 2.13. The summed E-state index contributed by atoms with van der Waals surface area (Å²) in [5.41, 5.74) is -0.415. The molecule has 0 bridgehead atoms. The third-order valence-electron chi connectivity index (χ3n) is 3.11. The molecule has 1 heterocycles. The van der Waals surface area contributed by atoms with E-state index in [-0.39, 0.29) is 17.3 Å². The number of ether oxygens (including phenoxy) is 2. The second kappa shape index (κ2) is 3.80. The molecule has 1 saturated heterocycles. The van der Waals surface area contributed by atoms with Crippen molar-refractivity contribution in [2.45, 2.75) is 45.0 Å². The largest absolute Gasteiger partial charge is 0.370 e. The predicted molar refractivity (Wildman–Crippen MR) is 57.5 cm³/mol. The maximum atomic E-state index is 6.03. The molecule has 0 aliphatic carbocycles. The molecule has 84 valence electrons. The number of hydrogen-bond acceptors (Lipinski definition) is 3. The highest BCUT2D eigenvalue weighted by Crippen LogP contribution is 2.34. The minimum atomic E-state index is -0.216. The molecule has 0 spiro atoms. The van der Waals surface area contributed by atoms with E-state index in [0.29, 0.717) is 6.61 Å². The van der Waals surface area contributed by atoms with Crippen molar-refractivity contribution in [1.29, 1.82) is 0 Å². The number of nitrogens with zero attached hydrogens (tertiary/aromatic N) is 1. The quantitative estimate of drug-likeness (QED) is 0.676. The Hall–Kier alpha value is -0.120. The summed E-state index contributed by atoms with van der Waals surface area (Å²) in [6.45, 7) is 9.95. The topological polar surface area (TPSA) is 21.7 Å². The predicted octanol–water partition coefficient (Wildman–Crippen LogP) is 1.52. The van der Waals surface area contributed by atoms with Gasteiger partial charge in [-0.15, -0.1) is 0 Å². The van der Waals surface area contributed by atoms with E-state index in [1.165, 1.54) is 0 Å². The molecule has 0 N–H and O–H groups in total. The van der Waals surface area contributed by atoms with Gasteiger partial charge in [-0.25, -0.2) is 0 Å². The molecule has 3 nitrogen and oxygen atoms in total. The van der Waals surface area contributed by atoms with E-state index >= 15 is 0 Å². The van der Waals surface area contributed by atoms with Crippen LogP contribution in [0.3, 0.4) is 0 Å². The summed E-state index contributed by atoms with van der Waals surface area (Å²) < 4.78 is 11.9. The smallest absolute Gasteiger partial charge is 0.0943 e. The lowest BCUT2D eigenvalue weighted by molar-refractivity contribution is -0.263. The fraction of sp³-hybridized carbons (Fsp3) is 1.00. The van der Waals surface area contributed by atoms with Crippen LogP contribution in [0.15, 0.2) is 0 Å². The summed E-state index contributed by atoms with van der Waals surface area (Å²) in [5, 5.41) is 0. The lowest BCUT2D eigenvalue weighted by Crippen LogP contribution is -2.58. The second-order valence-electron chi connectivity index (χ2n) is 5.33. The molecule has 1 unspecified atom stereocenters. The van der Waals surface area contributed by atoms with Gasteiger partial charge in [0.25, 0.3) is 0 Å². The Labute approximate surface area is 87.4 Å². The average molecular weight is 201 g/mol. The highest BCUT2D eigenvalue weighted by Gasteiger charge is 2.44. The van der Waals surface area contributed by atoms with Crippen LogP contribution in [-0.2, 0) is 9.47 Å². The van der Waals surface area contributed by atoms with Crippen molar-refractivity contribution in [3.8, 4) is 0 Å². The highest BCUT2D eigenvalue weighted by molar-refractivity contribution is 4.93. The molecule has 0 aromatic carbocycles. The van der Waals surface area contributed by atoms with Crippen molar-refractivity contribution < 1.29 is 9.47 Å². The summed E-state index contributed by atoms with van der Waals surface area (Å²) in [5.74, 6) is 0. The molecule has 0 amide bonds. The lowest BCUT2D eigenvalue weighted by atomic mass is 9.87. The van der Waals surface area contributed by atoms with Crippen molar-refractivity contribution in [3.05, 3.63) is 0 Å². The van der Waals surface area contributed by atoms with Gasteiger partial charge in [0.05, 0.1) is 23.9 Å². The molecule has 1 aliphatic rings. The fourth-order valence-electron chi connectivity index (χ4n) is 1.56. The van der Waals surface area contributed by atoms with Gasteiger partial charge in [-0.1, -0.05) is 0 Å². The number of rotatable bonds is 2. The molecular formula is C11H23NO2. The Morgan fingerprint density at radius 2 is 1.71 bits per heavy atom. The summed E-state index contributed by atoms with van der Waals surface area (Å²) in [6.07, 6.45) is 0.188. The summed E-state index contributed by atoms with van der Waals surface area (Å²) in [6, 6.07) is 0. The minimum Gasteiger partial charge on any atom is -0.370 e. The van der Waals surface area contributed by atoms with Crippen molar-refractivity contribution in [2.24, 2.45) is 0 Å². The first-order valence-electron chi connectivity index (χ1n) is 5.21. The first kappa shape index (κ1) is 12.0. The minimum absolute atomic E-state index is 0.188. The summed E-state index contributed by atoms with van der Waals surface area (Å²) in [7, 11) is 4.10. The highest BCUT2D eigenvalue weighted by atomic mass is 16.6.